The van der Waals surface area contributed by atoms with Crippen LogP contribution in [0.4, 0.5) is 0 Å². The lowest BCUT2D eigenvalue weighted by molar-refractivity contribution is 0.286. The Kier molecular flexibility index (Phi) is 4.85. The van der Waals surface area contributed by atoms with Crippen molar-refractivity contribution in [3.63, 3.8) is 0 Å². The minimum Gasteiger partial charge on any atom is -0.484 e. The summed E-state index contributed by atoms with van der Waals surface area (Å²) in [6, 6.07) is 3.11. The highest BCUT2D eigenvalue weighted by Crippen LogP contribution is 2.34. The van der Waals surface area contributed by atoms with Gasteiger partial charge in [-0.1, -0.05) is 41.7 Å². The van der Waals surface area contributed by atoms with Crippen LogP contribution in [0.15, 0.2) is 12.1 Å². The molecule has 19 heavy (non-hydrogen) atoms. The van der Waals surface area contributed by atoms with E-state index >= 15 is 0 Å². The van der Waals surface area contributed by atoms with Gasteiger partial charge in [0.1, 0.15) is 12.4 Å². The van der Waals surface area contributed by atoms with Crippen molar-refractivity contribution in [1.29, 1.82) is 0 Å². The Morgan fingerprint density at radius 1 is 1.16 bits per heavy atom. The summed E-state index contributed by atoms with van der Waals surface area (Å²) in [5, 5.41) is 12.5. The van der Waals surface area contributed by atoms with E-state index in [0.29, 0.717) is 26.6 Å². The minimum atomic E-state index is 0.213. The van der Waals surface area contributed by atoms with Gasteiger partial charge in [0.25, 0.3) is 0 Å². The monoisotopic (exact) mass is 320 g/mol. The molecular weight excluding hydrogens is 311 g/mol. The minimum absolute atomic E-state index is 0.213. The highest BCUT2D eigenvalue weighted by molar-refractivity contribution is 6.43. The third-order valence-electron chi connectivity index (χ3n) is 2.37. The molecule has 102 valence electrons. The summed E-state index contributed by atoms with van der Waals surface area (Å²) in [4.78, 5) is 0. The average Bonchev–Trinajstić information content (AvgIpc) is 2.80. The van der Waals surface area contributed by atoms with E-state index in [4.69, 9.17) is 39.5 Å². The van der Waals surface area contributed by atoms with Crippen molar-refractivity contribution < 1.29 is 4.74 Å². The first kappa shape index (κ1) is 14.4. The van der Waals surface area contributed by atoms with Gasteiger partial charge in [-0.15, -0.1) is 5.10 Å². The van der Waals surface area contributed by atoms with Crippen LogP contribution < -0.4 is 4.74 Å². The number of hydrogen-bond donors (Lipinski definition) is 0. The van der Waals surface area contributed by atoms with Crippen molar-refractivity contribution in [2.45, 2.75) is 26.5 Å². The van der Waals surface area contributed by atoms with E-state index in [9.17, 15) is 0 Å². The molecule has 0 saturated heterocycles. The molecule has 0 spiro atoms. The van der Waals surface area contributed by atoms with Gasteiger partial charge in [0, 0.05) is 12.6 Å². The molecule has 1 aromatic carbocycles. The fraction of sp³-hybridized carbons (Fsp3) is 0.364. The van der Waals surface area contributed by atoms with E-state index in [2.05, 4.69) is 15.5 Å². The first-order chi connectivity index (χ1) is 9.11. The molecule has 0 saturated carbocycles. The molecule has 1 heterocycles. The van der Waals surface area contributed by atoms with Crippen LogP contribution in [0.2, 0.25) is 15.1 Å². The molecule has 0 bridgehead atoms. The normalized spacial score (nSPS) is 10.7. The summed E-state index contributed by atoms with van der Waals surface area (Å²) >= 11 is 17.8. The Labute approximate surface area is 125 Å². The number of ether oxygens (including phenoxy) is 1. The average molecular weight is 322 g/mol. The summed E-state index contributed by atoms with van der Waals surface area (Å²) in [5.74, 6) is 1.08. The van der Waals surface area contributed by atoms with E-state index in [1.165, 1.54) is 6.07 Å². The lowest BCUT2D eigenvalue weighted by Crippen LogP contribution is -2.08. The molecule has 0 fully saturated rings. The molecule has 0 N–H and O–H groups in total. The Balaban J connectivity index is 2.10. The second-order valence-corrected chi connectivity index (χ2v) is 5.03. The van der Waals surface area contributed by atoms with Gasteiger partial charge < -0.3 is 4.74 Å². The molecule has 0 unspecified atom stereocenters. The smallest absolute Gasteiger partial charge is 0.189 e. The van der Waals surface area contributed by atoms with Crippen molar-refractivity contribution in [2.24, 2.45) is 0 Å². The summed E-state index contributed by atoms with van der Waals surface area (Å²) in [6.07, 6.45) is 0.936. The number of benzene rings is 1. The van der Waals surface area contributed by atoms with Crippen LogP contribution in [0.25, 0.3) is 0 Å². The molecule has 0 radical (unpaired) electrons. The van der Waals surface area contributed by atoms with Crippen molar-refractivity contribution in [1.82, 2.24) is 20.2 Å². The zero-order chi connectivity index (χ0) is 13.8. The van der Waals surface area contributed by atoms with Gasteiger partial charge in [-0.25, -0.2) is 4.68 Å². The number of aromatic nitrogens is 4. The number of tetrazole rings is 1. The second kappa shape index (κ2) is 6.41. The third kappa shape index (κ3) is 3.49. The predicted octanol–water partition coefficient (Wildman–Crippen LogP) is 3.62. The summed E-state index contributed by atoms with van der Waals surface area (Å²) in [6.45, 7) is 2.99. The fourth-order valence-corrected chi connectivity index (χ4v) is 2.06. The molecule has 1 aromatic heterocycles. The Morgan fingerprint density at radius 3 is 2.63 bits per heavy atom. The Bertz CT molecular complexity index is 573. The van der Waals surface area contributed by atoms with Crippen LogP contribution in [0.1, 0.15) is 19.2 Å². The highest BCUT2D eigenvalue weighted by Gasteiger charge is 2.10. The highest BCUT2D eigenvalue weighted by atomic mass is 35.5. The van der Waals surface area contributed by atoms with Crippen LogP contribution in [0.5, 0.6) is 5.75 Å². The van der Waals surface area contributed by atoms with Crippen LogP contribution in [-0.4, -0.2) is 20.2 Å². The van der Waals surface area contributed by atoms with Gasteiger partial charge in [-0.05, 0) is 22.9 Å². The molecule has 5 nitrogen and oxygen atoms in total. The van der Waals surface area contributed by atoms with Crippen LogP contribution in [0, 0.1) is 0 Å². The standard InChI is InChI=1S/C11H11Cl3N4O/c1-2-3-18-11(15-16-17-18)6-19-10-5-8(13)7(12)4-9(10)14/h4-5H,2-3,6H2,1H3. The van der Waals surface area contributed by atoms with Crippen molar-refractivity contribution in [3.05, 3.63) is 33.0 Å². The third-order valence-corrected chi connectivity index (χ3v) is 3.39. The van der Waals surface area contributed by atoms with Crippen molar-refractivity contribution >= 4 is 34.8 Å². The second-order valence-electron chi connectivity index (χ2n) is 3.80. The summed E-state index contributed by atoms with van der Waals surface area (Å²) in [7, 11) is 0. The largest absolute Gasteiger partial charge is 0.484 e. The van der Waals surface area contributed by atoms with Crippen LogP contribution >= 0.6 is 34.8 Å². The van der Waals surface area contributed by atoms with E-state index in [1.807, 2.05) is 6.92 Å². The molecule has 0 amide bonds. The van der Waals surface area contributed by atoms with Gasteiger partial charge >= 0.3 is 0 Å². The van der Waals surface area contributed by atoms with Gasteiger partial charge in [0.15, 0.2) is 5.82 Å². The fourth-order valence-electron chi connectivity index (χ4n) is 1.47. The van der Waals surface area contributed by atoms with Crippen molar-refractivity contribution in [3.8, 4) is 5.75 Å². The number of aryl methyl sites for hydroxylation is 1. The number of nitrogens with zero attached hydrogens (tertiary/aromatic N) is 4. The molecule has 8 heteroatoms. The maximum atomic E-state index is 6.02. The first-order valence-electron chi connectivity index (χ1n) is 5.64. The number of halogens is 3. The van der Waals surface area contributed by atoms with E-state index in [-0.39, 0.29) is 6.61 Å². The van der Waals surface area contributed by atoms with Gasteiger partial charge in [-0.2, -0.15) is 0 Å². The summed E-state index contributed by atoms with van der Waals surface area (Å²) < 4.78 is 7.25. The van der Waals surface area contributed by atoms with Crippen molar-refractivity contribution in [2.75, 3.05) is 0 Å². The van der Waals surface area contributed by atoms with Gasteiger partial charge in [-0.3, -0.25) is 0 Å². The zero-order valence-corrected chi connectivity index (χ0v) is 12.4. The first-order valence-corrected chi connectivity index (χ1v) is 6.77. The quantitative estimate of drug-likeness (QED) is 0.789. The molecule has 2 aromatic rings. The van der Waals surface area contributed by atoms with E-state index in [1.54, 1.807) is 10.7 Å². The lowest BCUT2D eigenvalue weighted by Gasteiger charge is -2.09. The van der Waals surface area contributed by atoms with Crippen LogP contribution in [-0.2, 0) is 13.2 Å². The SMILES string of the molecule is CCCn1nnnc1COc1cc(Cl)c(Cl)cc1Cl. The van der Waals surface area contributed by atoms with Gasteiger partial charge in [0.2, 0.25) is 0 Å². The topological polar surface area (TPSA) is 52.8 Å². The van der Waals surface area contributed by atoms with Gasteiger partial charge in [0.05, 0.1) is 15.1 Å². The molecule has 2 rings (SSSR count). The molecule has 0 aliphatic carbocycles. The number of rotatable bonds is 5. The number of hydrogen-bond acceptors (Lipinski definition) is 4. The molecule has 0 aliphatic rings. The summed E-state index contributed by atoms with van der Waals surface area (Å²) in [5.41, 5.74) is 0. The van der Waals surface area contributed by atoms with Crippen LogP contribution in [0.3, 0.4) is 0 Å². The maximum Gasteiger partial charge on any atom is 0.189 e. The maximum absolute atomic E-state index is 6.02. The van der Waals surface area contributed by atoms with E-state index < -0.39 is 0 Å². The Hall–Kier alpha value is -1.04. The zero-order valence-electron chi connectivity index (χ0n) is 10.1. The predicted molar refractivity (Wildman–Crippen MR) is 73.9 cm³/mol. The van der Waals surface area contributed by atoms with E-state index in [0.717, 1.165) is 13.0 Å². The molecule has 0 atom stereocenters. The molecular formula is C11H11Cl3N4O. The Morgan fingerprint density at radius 2 is 1.89 bits per heavy atom. The lowest BCUT2D eigenvalue weighted by atomic mass is 10.3. The molecule has 0 aliphatic heterocycles.